The molecule has 1 rings (SSSR count). The normalized spacial score (nSPS) is 12.3. The van der Waals surface area contributed by atoms with Crippen molar-refractivity contribution in [3.63, 3.8) is 0 Å². The maximum Gasteiger partial charge on any atom is 0.573 e. The minimum atomic E-state index is -5.15. The smallest absolute Gasteiger partial charge is 0.503 e. The van der Waals surface area contributed by atoms with Crippen LogP contribution in [-0.2, 0) is 9.05 Å². The Kier molecular flexibility index (Phi) is 3.81. The molecule has 1 aromatic rings. The molecular weight excluding hydrogens is 303 g/mol. The maximum atomic E-state index is 12.1. The van der Waals surface area contributed by atoms with Gasteiger partial charge in [-0.25, -0.2) is 13.4 Å². The third-order valence-corrected chi connectivity index (χ3v) is 2.78. The molecule has 0 saturated carbocycles. The topological polar surface area (TPSA) is 85.7 Å². The van der Waals surface area contributed by atoms with Gasteiger partial charge in [0.1, 0.15) is 0 Å². The zero-order valence-corrected chi connectivity index (χ0v) is 10.1. The van der Waals surface area contributed by atoms with Crippen molar-refractivity contribution in [2.45, 2.75) is 11.4 Å². The van der Waals surface area contributed by atoms with Crippen molar-refractivity contribution < 1.29 is 36.2 Å². The number of ether oxygens (including phenoxy) is 2. The maximum absolute atomic E-state index is 12.1. The number of hydrogen-bond acceptors (Lipinski definition) is 6. The van der Waals surface area contributed by atoms with Crippen molar-refractivity contribution in [1.29, 1.82) is 0 Å². The van der Waals surface area contributed by atoms with E-state index in [2.05, 4.69) is 14.5 Å². The summed E-state index contributed by atoms with van der Waals surface area (Å²) in [5, 5.41) is 8.17. The standard InChI is InChI=1S/C7H5ClF3NO5S/c1-16-5-4(17-7(9,10)11)3(13)2-12-6(5)18(8,14)15/h2,13H,1H3. The molecule has 0 saturated heterocycles. The largest absolute Gasteiger partial charge is 0.573 e. The van der Waals surface area contributed by atoms with E-state index in [1.807, 2.05) is 0 Å². The number of rotatable bonds is 3. The minimum Gasteiger partial charge on any atom is -0.503 e. The average molecular weight is 308 g/mol. The molecule has 102 valence electrons. The molecular formula is C7H5ClF3NO5S. The van der Waals surface area contributed by atoms with Crippen LogP contribution < -0.4 is 9.47 Å². The van der Waals surface area contributed by atoms with Gasteiger partial charge in [-0.2, -0.15) is 0 Å². The highest BCUT2D eigenvalue weighted by molar-refractivity contribution is 8.13. The Bertz CT molecular complexity index is 559. The Morgan fingerprint density at radius 2 is 1.94 bits per heavy atom. The van der Waals surface area contributed by atoms with Crippen LogP contribution in [0.15, 0.2) is 11.2 Å². The molecule has 1 aromatic heterocycles. The lowest BCUT2D eigenvalue weighted by molar-refractivity contribution is -0.275. The van der Waals surface area contributed by atoms with Crippen molar-refractivity contribution in [2.75, 3.05) is 7.11 Å². The number of alkyl halides is 3. The lowest BCUT2D eigenvalue weighted by Gasteiger charge is -2.14. The van der Waals surface area contributed by atoms with Gasteiger partial charge in [0.15, 0.2) is 5.75 Å². The first-order chi connectivity index (χ1) is 8.06. The third kappa shape index (κ3) is 3.29. The molecule has 0 fully saturated rings. The molecule has 0 radical (unpaired) electrons. The van der Waals surface area contributed by atoms with E-state index in [0.717, 1.165) is 7.11 Å². The second-order valence-corrected chi connectivity index (χ2v) is 5.28. The number of halogens is 4. The van der Waals surface area contributed by atoms with Crippen LogP contribution >= 0.6 is 10.7 Å². The molecule has 0 bridgehead atoms. The van der Waals surface area contributed by atoms with Gasteiger partial charge in [-0.15, -0.1) is 13.2 Å². The second-order valence-electron chi connectivity index (χ2n) is 2.80. The van der Waals surface area contributed by atoms with Gasteiger partial charge in [0.2, 0.25) is 16.5 Å². The molecule has 1 heterocycles. The highest BCUT2D eigenvalue weighted by Crippen LogP contribution is 2.43. The number of aromatic hydroxyl groups is 1. The van der Waals surface area contributed by atoms with Crippen LogP contribution in [0.1, 0.15) is 0 Å². The van der Waals surface area contributed by atoms with E-state index in [1.54, 1.807) is 0 Å². The quantitative estimate of drug-likeness (QED) is 0.854. The van der Waals surface area contributed by atoms with E-state index in [-0.39, 0.29) is 0 Å². The number of hydrogen-bond donors (Lipinski definition) is 1. The van der Waals surface area contributed by atoms with Crippen LogP contribution in [0.3, 0.4) is 0 Å². The van der Waals surface area contributed by atoms with Gasteiger partial charge in [0.05, 0.1) is 13.3 Å². The zero-order valence-electron chi connectivity index (χ0n) is 8.52. The van der Waals surface area contributed by atoms with Crippen molar-refractivity contribution >= 4 is 19.7 Å². The fourth-order valence-electron chi connectivity index (χ4n) is 1.02. The summed E-state index contributed by atoms with van der Waals surface area (Å²) in [6, 6.07) is 0. The molecule has 0 aliphatic rings. The SMILES string of the molecule is COc1c(S(=O)(=O)Cl)ncc(O)c1OC(F)(F)F. The van der Waals surface area contributed by atoms with Crippen LogP contribution in [0.2, 0.25) is 0 Å². The lowest BCUT2D eigenvalue weighted by atomic mass is 10.4. The average Bonchev–Trinajstić information content (AvgIpc) is 2.17. The number of pyridine rings is 1. The van der Waals surface area contributed by atoms with Gasteiger partial charge in [-0.1, -0.05) is 0 Å². The van der Waals surface area contributed by atoms with Crippen LogP contribution in [0.4, 0.5) is 13.2 Å². The van der Waals surface area contributed by atoms with Crippen LogP contribution in [0.25, 0.3) is 0 Å². The molecule has 0 unspecified atom stereocenters. The fraction of sp³-hybridized carbons (Fsp3) is 0.286. The molecule has 0 spiro atoms. The van der Waals surface area contributed by atoms with Crippen molar-refractivity contribution in [2.24, 2.45) is 0 Å². The summed E-state index contributed by atoms with van der Waals surface area (Å²) in [7, 11) is 1.35. The van der Waals surface area contributed by atoms with E-state index < -0.39 is 37.7 Å². The van der Waals surface area contributed by atoms with E-state index in [4.69, 9.17) is 10.7 Å². The predicted molar refractivity (Wildman–Crippen MR) is 52.2 cm³/mol. The molecule has 18 heavy (non-hydrogen) atoms. The molecule has 0 atom stereocenters. The Morgan fingerprint density at radius 3 is 2.33 bits per heavy atom. The first kappa shape index (κ1) is 14.6. The van der Waals surface area contributed by atoms with Gasteiger partial charge < -0.3 is 14.6 Å². The van der Waals surface area contributed by atoms with Crippen molar-refractivity contribution in [3.8, 4) is 17.2 Å². The summed E-state index contributed by atoms with van der Waals surface area (Å²) < 4.78 is 66.2. The number of nitrogens with zero attached hydrogens (tertiary/aromatic N) is 1. The van der Waals surface area contributed by atoms with Crippen LogP contribution in [0, 0.1) is 0 Å². The van der Waals surface area contributed by atoms with E-state index >= 15 is 0 Å². The van der Waals surface area contributed by atoms with E-state index in [0.29, 0.717) is 6.20 Å². The Hall–Kier alpha value is -1.42. The summed E-state index contributed by atoms with van der Waals surface area (Å²) >= 11 is 0. The molecule has 0 aromatic carbocycles. The first-order valence-electron chi connectivity index (χ1n) is 4.02. The monoisotopic (exact) mass is 307 g/mol. The van der Waals surface area contributed by atoms with Gasteiger partial charge in [-0.3, -0.25) is 0 Å². The van der Waals surface area contributed by atoms with Crippen molar-refractivity contribution in [3.05, 3.63) is 6.20 Å². The summed E-state index contributed by atoms with van der Waals surface area (Å²) in [5.74, 6) is -3.23. The molecule has 0 aliphatic carbocycles. The first-order valence-corrected chi connectivity index (χ1v) is 6.33. The van der Waals surface area contributed by atoms with Crippen LogP contribution in [0.5, 0.6) is 17.2 Å². The van der Waals surface area contributed by atoms with Gasteiger partial charge in [0, 0.05) is 10.7 Å². The predicted octanol–water partition coefficient (Wildman–Crippen LogP) is 1.62. The van der Waals surface area contributed by atoms with Crippen molar-refractivity contribution in [1.82, 2.24) is 4.98 Å². The second kappa shape index (κ2) is 4.69. The van der Waals surface area contributed by atoms with E-state index in [1.165, 1.54) is 0 Å². The van der Waals surface area contributed by atoms with E-state index in [9.17, 15) is 26.7 Å². The highest BCUT2D eigenvalue weighted by Gasteiger charge is 2.36. The zero-order chi connectivity index (χ0) is 14.1. The lowest BCUT2D eigenvalue weighted by Crippen LogP contribution is -2.18. The Labute approximate surface area is 103 Å². The summed E-state index contributed by atoms with van der Waals surface area (Å²) in [6.07, 6.45) is -4.71. The molecule has 0 aliphatic heterocycles. The molecule has 0 amide bonds. The van der Waals surface area contributed by atoms with Gasteiger partial charge >= 0.3 is 6.36 Å². The highest BCUT2D eigenvalue weighted by atomic mass is 35.7. The minimum absolute atomic E-state index is 0.443. The third-order valence-electron chi connectivity index (χ3n) is 1.59. The van der Waals surface area contributed by atoms with Gasteiger partial charge in [-0.05, 0) is 0 Å². The molecule has 6 nitrogen and oxygen atoms in total. The summed E-state index contributed by atoms with van der Waals surface area (Å²) in [4.78, 5) is 3.17. The summed E-state index contributed by atoms with van der Waals surface area (Å²) in [5.41, 5.74) is 0. The Balaban J connectivity index is 3.50. The summed E-state index contributed by atoms with van der Waals surface area (Å²) in [6.45, 7) is 0. The molecule has 11 heteroatoms. The number of aromatic nitrogens is 1. The Morgan fingerprint density at radius 1 is 1.39 bits per heavy atom. The van der Waals surface area contributed by atoms with Crippen LogP contribution in [-0.4, -0.2) is 32.0 Å². The molecule has 1 N–H and O–H groups in total. The van der Waals surface area contributed by atoms with Gasteiger partial charge in [0.25, 0.3) is 9.05 Å². The fourth-order valence-corrected chi connectivity index (χ4v) is 1.92. The number of methoxy groups -OCH3 is 1.